The molecule has 0 radical (unpaired) electrons. The fourth-order valence-corrected chi connectivity index (χ4v) is 3.20. The molecule has 0 unspecified atom stereocenters. The van der Waals surface area contributed by atoms with Crippen LogP contribution in [0, 0.1) is 29.9 Å². The predicted molar refractivity (Wildman–Crippen MR) is 144 cm³/mol. The maximum Gasteiger partial charge on any atom is 1.00 e. The number of benzene rings is 2. The number of aryl methyl sites for hydroxylation is 1. The molecule has 3 N–H and O–H groups in total. The SMILES string of the molecule is CC.Cc1c[c-]ccc1.N=C(CNC(=O)N(CCC(F)(F)F)C(=N)c1ccc(Cl)cc1)C1=[C-]CC(=O)CC1.[Na+]. The van der Waals surface area contributed by atoms with Crippen LogP contribution < -0.4 is 34.9 Å². The maximum absolute atomic E-state index is 12.7. The van der Waals surface area contributed by atoms with Gasteiger partial charge in [-0.25, -0.2) is 10.4 Å². The van der Waals surface area contributed by atoms with Crippen LogP contribution in [0.5, 0.6) is 0 Å². The van der Waals surface area contributed by atoms with Crippen LogP contribution in [0.15, 0.2) is 54.1 Å². The van der Waals surface area contributed by atoms with E-state index in [4.69, 9.17) is 22.4 Å². The van der Waals surface area contributed by atoms with Gasteiger partial charge in [0, 0.05) is 23.6 Å². The van der Waals surface area contributed by atoms with Crippen LogP contribution >= 0.6 is 11.6 Å². The molecule has 0 saturated heterocycles. The van der Waals surface area contributed by atoms with Gasteiger partial charge in [0.2, 0.25) is 0 Å². The number of hydrogen-bond acceptors (Lipinski definition) is 4. The number of carbonyl (C=O) groups excluding carboxylic acids is 2. The van der Waals surface area contributed by atoms with Gasteiger partial charge in [0.15, 0.2) is 0 Å². The monoisotopic (exact) mass is 571 g/mol. The van der Waals surface area contributed by atoms with E-state index in [0.717, 1.165) is 0 Å². The number of halogens is 4. The first-order valence-electron chi connectivity index (χ1n) is 12.0. The van der Waals surface area contributed by atoms with E-state index in [1.807, 2.05) is 32.0 Å². The van der Waals surface area contributed by atoms with Gasteiger partial charge in [-0.05, 0) is 30.8 Å². The average Bonchev–Trinajstić information content (AvgIpc) is 2.89. The van der Waals surface area contributed by atoms with Crippen molar-refractivity contribution in [1.82, 2.24) is 10.2 Å². The van der Waals surface area contributed by atoms with E-state index in [1.54, 1.807) is 0 Å². The minimum absolute atomic E-state index is 0. The Balaban J connectivity index is 0.00000123. The van der Waals surface area contributed by atoms with E-state index < -0.39 is 31.0 Å². The molecule has 0 atom stereocenters. The molecule has 2 aromatic rings. The third-order valence-corrected chi connectivity index (χ3v) is 5.30. The van der Waals surface area contributed by atoms with Crippen molar-refractivity contribution in [3.05, 3.63) is 82.4 Å². The van der Waals surface area contributed by atoms with Crippen molar-refractivity contribution in [2.45, 2.75) is 52.6 Å². The number of rotatable bonds is 6. The molecule has 1 aliphatic carbocycles. The fourth-order valence-electron chi connectivity index (χ4n) is 3.07. The van der Waals surface area contributed by atoms with Gasteiger partial charge >= 0.3 is 41.8 Å². The van der Waals surface area contributed by atoms with E-state index in [0.29, 0.717) is 21.9 Å². The van der Waals surface area contributed by atoms with Crippen molar-refractivity contribution in [1.29, 1.82) is 10.8 Å². The second kappa shape index (κ2) is 18.8. The summed E-state index contributed by atoms with van der Waals surface area (Å²) in [6.45, 7) is 5.07. The summed E-state index contributed by atoms with van der Waals surface area (Å²) >= 11 is 5.78. The normalized spacial score (nSPS) is 12.3. The molecule has 1 aliphatic rings. The predicted octanol–water partition coefficient (Wildman–Crippen LogP) is 3.96. The summed E-state index contributed by atoms with van der Waals surface area (Å²) in [5.41, 5.74) is 2.02. The van der Waals surface area contributed by atoms with Crippen LogP contribution in [0.3, 0.4) is 0 Å². The number of nitrogens with zero attached hydrogens (tertiary/aromatic N) is 1. The van der Waals surface area contributed by atoms with Gasteiger partial charge in [-0.1, -0.05) is 50.9 Å². The van der Waals surface area contributed by atoms with Gasteiger partial charge in [0.05, 0.1) is 6.42 Å². The van der Waals surface area contributed by atoms with Crippen LogP contribution in [-0.4, -0.2) is 47.5 Å². The van der Waals surface area contributed by atoms with Crippen LogP contribution in [0.1, 0.15) is 50.7 Å². The molecule has 39 heavy (non-hydrogen) atoms. The van der Waals surface area contributed by atoms with Crippen LogP contribution in [0.2, 0.25) is 5.02 Å². The molecule has 0 spiro atoms. The number of urea groups is 1. The standard InChI is InChI=1S/C19H19ClF3N4O2.C7H7.C2H6.Na/c20-14-5-1-13(2-6-14)17(25)27(10-9-19(21,22)23)18(29)26-11-16(24)12-3-7-15(28)8-4-12;1-7-5-3-2-4-6-7;1-2;/h1-2,5-6,24-25H,3,7-11H2,(H,26,29);2-3,5-6H,1H3;1-2H3;/q2*-1;;+1. The summed E-state index contributed by atoms with van der Waals surface area (Å²) in [6, 6.07) is 15.7. The summed E-state index contributed by atoms with van der Waals surface area (Å²) in [5, 5.41) is 18.9. The number of amidine groups is 1. The minimum atomic E-state index is -4.50. The van der Waals surface area contributed by atoms with Gasteiger partial charge in [-0.15, -0.1) is 0 Å². The average molecular weight is 572 g/mol. The number of carbonyl (C=O) groups is 2. The Kier molecular flexibility index (Phi) is 17.6. The Morgan fingerprint density at radius 2 is 1.77 bits per heavy atom. The molecule has 0 heterocycles. The van der Waals surface area contributed by atoms with Crippen LogP contribution in [-0.2, 0) is 4.79 Å². The van der Waals surface area contributed by atoms with E-state index in [9.17, 15) is 22.8 Å². The van der Waals surface area contributed by atoms with Crippen LogP contribution in [0.25, 0.3) is 0 Å². The number of nitrogens with one attached hydrogen (secondary N) is 3. The first-order chi connectivity index (χ1) is 18.0. The zero-order chi connectivity index (χ0) is 28.7. The number of hydrogen-bond donors (Lipinski definition) is 3. The third kappa shape index (κ3) is 14.5. The molecule has 0 bridgehead atoms. The van der Waals surface area contributed by atoms with E-state index >= 15 is 0 Å². The summed E-state index contributed by atoms with van der Waals surface area (Å²) in [6.07, 6.45) is -2.26. The molecule has 0 aliphatic heterocycles. The van der Waals surface area contributed by atoms with E-state index in [2.05, 4.69) is 30.4 Å². The van der Waals surface area contributed by atoms with Crippen molar-refractivity contribution in [2.24, 2.45) is 0 Å². The number of allylic oxidation sites excluding steroid dienone is 1. The Bertz CT molecular complexity index is 1110. The van der Waals surface area contributed by atoms with Crippen molar-refractivity contribution < 1.29 is 52.3 Å². The summed E-state index contributed by atoms with van der Waals surface area (Å²) < 4.78 is 38.0. The summed E-state index contributed by atoms with van der Waals surface area (Å²) in [5.74, 6) is -0.399. The largest absolute Gasteiger partial charge is 1.00 e. The number of alkyl halides is 3. The molecule has 0 aromatic heterocycles. The molecular formula is C28H32ClF3N4NaO2-. The zero-order valence-electron chi connectivity index (χ0n) is 22.6. The number of Topliss-reactive ketones (excluding diaryl/α,β-unsaturated/α-hetero) is 1. The van der Waals surface area contributed by atoms with Crippen molar-refractivity contribution in [3.63, 3.8) is 0 Å². The van der Waals surface area contributed by atoms with E-state index in [-0.39, 0.29) is 66.0 Å². The molecular weight excluding hydrogens is 540 g/mol. The van der Waals surface area contributed by atoms with Crippen LogP contribution in [0.4, 0.5) is 18.0 Å². The third-order valence-electron chi connectivity index (χ3n) is 5.05. The Hall–Kier alpha value is -2.46. The van der Waals surface area contributed by atoms with Crippen molar-refractivity contribution in [2.75, 3.05) is 13.1 Å². The smallest absolute Gasteiger partial charge is 0.397 e. The Morgan fingerprint density at radius 1 is 1.13 bits per heavy atom. The number of amides is 2. The molecule has 0 fully saturated rings. The minimum Gasteiger partial charge on any atom is -0.397 e. The molecule has 6 nitrogen and oxygen atoms in total. The van der Waals surface area contributed by atoms with Crippen molar-refractivity contribution in [3.8, 4) is 0 Å². The zero-order valence-corrected chi connectivity index (χ0v) is 25.4. The summed E-state index contributed by atoms with van der Waals surface area (Å²) in [7, 11) is 0. The van der Waals surface area contributed by atoms with Crippen molar-refractivity contribution >= 4 is 35.0 Å². The second-order valence-electron chi connectivity index (χ2n) is 7.96. The van der Waals surface area contributed by atoms with Gasteiger partial charge < -0.3 is 15.5 Å². The first kappa shape index (κ1) is 36.5. The van der Waals surface area contributed by atoms with Gasteiger partial charge in [-0.2, -0.15) is 49.1 Å². The topological polar surface area (TPSA) is 97.1 Å². The van der Waals surface area contributed by atoms with E-state index in [1.165, 1.54) is 29.8 Å². The van der Waals surface area contributed by atoms with Gasteiger partial charge in [0.1, 0.15) is 11.6 Å². The Morgan fingerprint density at radius 3 is 2.23 bits per heavy atom. The molecule has 2 amide bonds. The summed E-state index contributed by atoms with van der Waals surface area (Å²) in [4.78, 5) is 24.4. The van der Waals surface area contributed by atoms with Gasteiger partial charge in [-0.3, -0.25) is 16.4 Å². The second-order valence-corrected chi connectivity index (χ2v) is 8.40. The maximum atomic E-state index is 12.7. The molecule has 3 rings (SSSR count). The first-order valence-corrected chi connectivity index (χ1v) is 12.4. The molecule has 2 aromatic carbocycles. The van der Waals surface area contributed by atoms with Gasteiger partial charge in [0.25, 0.3) is 0 Å². The number of ketones is 1. The molecule has 11 heteroatoms. The fraction of sp³-hybridized carbons (Fsp3) is 0.357. The Labute approximate surface area is 255 Å². The quantitative estimate of drug-likeness (QED) is 0.212. The molecule has 0 saturated carbocycles. The molecule has 206 valence electrons.